The summed E-state index contributed by atoms with van der Waals surface area (Å²) in [5.74, 6) is 0.201. The van der Waals surface area contributed by atoms with Crippen LogP contribution >= 0.6 is 0 Å². The van der Waals surface area contributed by atoms with Crippen LogP contribution in [0.5, 0.6) is 0 Å². The number of rotatable bonds is 4. The van der Waals surface area contributed by atoms with Crippen molar-refractivity contribution in [1.82, 2.24) is 10.2 Å². The SMILES string of the molecule is CCNC(C)c1ccc(N2CCCN(C)C(=O)C2)cc1. The van der Waals surface area contributed by atoms with E-state index in [0.717, 1.165) is 31.7 Å². The zero-order chi connectivity index (χ0) is 14.5. The molecule has 1 saturated heterocycles. The molecule has 1 fully saturated rings. The number of nitrogens with zero attached hydrogens (tertiary/aromatic N) is 2. The second-order valence-electron chi connectivity index (χ2n) is 5.46. The fraction of sp³-hybridized carbons (Fsp3) is 0.562. The van der Waals surface area contributed by atoms with E-state index in [9.17, 15) is 4.79 Å². The summed E-state index contributed by atoms with van der Waals surface area (Å²) in [5.41, 5.74) is 2.43. The van der Waals surface area contributed by atoms with Crippen molar-refractivity contribution in [2.75, 3.05) is 38.1 Å². The fourth-order valence-corrected chi connectivity index (χ4v) is 2.60. The average Bonchev–Trinajstić information content (AvgIpc) is 2.62. The van der Waals surface area contributed by atoms with E-state index in [1.165, 1.54) is 5.56 Å². The number of hydrogen-bond acceptors (Lipinski definition) is 3. The highest BCUT2D eigenvalue weighted by Crippen LogP contribution is 2.20. The number of anilines is 1. The van der Waals surface area contributed by atoms with E-state index >= 15 is 0 Å². The highest BCUT2D eigenvalue weighted by molar-refractivity contribution is 5.81. The summed E-state index contributed by atoms with van der Waals surface area (Å²) in [6, 6.07) is 8.93. The Morgan fingerprint density at radius 1 is 1.25 bits per heavy atom. The monoisotopic (exact) mass is 275 g/mol. The second-order valence-corrected chi connectivity index (χ2v) is 5.46. The van der Waals surface area contributed by atoms with Crippen LogP contribution < -0.4 is 10.2 Å². The number of nitrogens with one attached hydrogen (secondary N) is 1. The van der Waals surface area contributed by atoms with E-state index in [0.29, 0.717) is 12.6 Å². The molecule has 0 spiro atoms. The Hall–Kier alpha value is -1.55. The van der Waals surface area contributed by atoms with E-state index in [1.807, 2.05) is 11.9 Å². The van der Waals surface area contributed by atoms with Gasteiger partial charge in [0.15, 0.2) is 0 Å². The van der Waals surface area contributed by atoms with E-state index in [1.54, 1.807) is 0 Å². The molecule has 2 rings (SSSR count). The van der Waals surface area contributed by atoms with Gasteiger partial charge in [0.05, 0.1) is 6.54 Å². The van der Waals surface area contributed by atoms with Crippen molar-refractivity contribution in [3.8, 4) is 0 Å². The molecule has 0 radical (unpaired) electrons. The maximum atomic E-state index is 11.9. The van der Waals surface area contributed by atoms with Gasteiger partial charge in [-0.05, 0) is 37.6 Å². The van der Waals surface area contributed by atoms with Crippen LogP contribution in [0.2, 0.25) is 0 Å². The van der Waals surface area contributed by atoms with Crippen LogP contribution in [0.25, 0.3) is 0 Å². The topological polar surface area (TPSA) is 35.6 Å². The molecule has 0 aromatic heterocycles. The number of hydrogen-bond donors (Lipinski definition) is 1. The van der Waals surface area contributed by atoms with Gasteiger partial charge in [0.25, 0.3) is 0 Å². The van der Waals surface area contributed by atoms with Gasteiger partial charge in [-0.2, -0.15) is 0 Å². The minimum Gasteiger partial charge on any atom is -0.362 e. The van der Waals surface area contributed by atoms with Crippen molar-refractivity contribution in [2.45, 2.75) is 26.3 Å². The number of benzene rings is 1. The normalized spacial score (nSPS) is 18.1. The molecule has 1 aliphatic rings. The summed E-state index contributed by atoms with van der Waals surface area (Å²) >= 11 is 0. The van der Waals surface area contributed by atoms with E-state index < -0.39 is 0 Å². The molecule has 1 aromatic carbocycles. The molecule has 20 heavy (non-hydrogen) atoms. The van der Waals surface area contributed by atoms with Crippen molar-refractivity contribution >= 4 is 11.6 Å². The smallest absolute Gasteiger partial charge is 0.241 e. The predicted molar refractivity (Wildman–Crippen MR) is 83.0 cm³/mol. The summed E-state index contributed by atoms with van der Waals surface area (Å²) in [5, 5.41) is 3.41. The van der Waals surface area contributed by atoms with Gasteiger partial charge in [0, 0.05) is 31.9 Å². The molecule has 1 aromatic rings. The summed E-state index contributed by atoms with van der Waals surface area (Å²) < 4.78 is 0. The lowest BCUT2D eigenvalue weighted by molar-refractivity contribution is -0.127. The molecule has 1 unspecified atom stereocenters. The van der Waals surface area contributed by atoms with Crippen LogP contribution in [-0.2, 0) is 4.79 Å². The summed E-state index contributed by atoms with van der Waals surface area (Å²) in [7, 11) is 1.88. The quantitative estimate of drug-likeness (QED) is 0.913. The lowest BCUT2D eigenvalue weighted by atomic mass is 10.1. The molecule has 0 bridgehead atoms. The third-order valence-electron chi connectivity index (χ3n) is 3.94. The number of carbonyl (C=O) groups excluding carboxylic acids is 1. The van der Waals surface area contributed by atoms with Gasteiger partial charge < -0.3 is 15.1 Å². The van der Waals surface area contributed by atoms with Gasteiger partial charge in [0.2, 0.25) is 5.91 Å². The maximum absolute atomic E-state index is 11.9. The molecule has 1 atom stereocenters. The Morgan fingerprint density at radius 2 is 1.95 bits per heavy atom. The number of carbonyl (C=O) groups is 1. The van der Waals surface area contributed by atoms with Gasteiger partial charge in [0.1, 0.15) is 0 Å². The summed E-state index contributed by atoms with van der Waals surface area (Å²) in [6.07, 6.45) is 1.03. The van der Waals surface area contributed by atoms with Gasteiger partial charge in [-0.15, -0.1) is 0 Å². The Balaban J connectivity index is 2.07. The third kappa shape index (κ3) is 3.51. The molecular weight excluding hydrogens is 250 g/mol. The average molecular weight is 275 g/mol. The van der Waals surface area contributed by atoms with Crippen LogP contribution in [0.15, 0.2) is 24.3 Å². The number of amides is 1. The van der Waals surface area contributed by atoms with Crippen molar-refractivity contribution in [3.63, 3.8) is 0 Å². The maximum Gasteiger partial charge on any atom is 0.241 e. The summed E-state index contributed by atoms with van der Waals surface area (Å²) in [4.78, 5) is 15.9. The fourth-order valence-electron chi connectivity index (χ4n) is 2.60. The molecule has 0 aliphatic carbocycles. The highest BCUT2D eigenvalue weighted by atomic mass is 16.2. The lowest BCUT2D eigenvalue weighted by Gasteiger charge is -2.22. The van der Waals surface area contributed by atoms with Crippen LogP contribution in [0.3, 0.4) is 0 Å². The van der Waals surface area contributed by atoms with Gasteiger partial charge in [-0.1, -0.05) is 19.1 Å². The Labute approximate surface area is 121 Å². The summed E-state index contributed by atoms with van der Waals surface area (Å²) in [6.45, 7) is 7.53. The largest absolute Gasteiger partial charge is 0.362 e. The first-order chi connectivity index (χ1) is 9.61. The van der Waals surface area contributed by atoms with E-state index in [-0.39, 0.29) is 5.91 Å². The number of likely N-dealkylation sites (N-methyl/N-ethyl adjacent to an activating group) is 1. The van der Waals surface area contributed by atoms with Gasteiger partial charge in [-0.3, -0.25) is 4.79 Å². The molecule has 4 heteroatoms. The van der Waals surface area contributed by atoms with Gasteiger partial charge in [-0.25, -0.2) is 0 Å². The van der Waals surface area contributed by atoms with Crippen molar-refractivity contribution in [2.24, 2.45) is 0 Å². The minimum absolute atomic E-state index is 0.201. The molecule has 1 amide bonds. The Kier molecular flexibility index (Phi) is 5.01. The minimum atomic E-state index is 0.201. The van der Waals surface area contributed by atoms with Crippen LogP contribution in [-0.4, -0.2) is 44.0 Å². The van der Waals surface area contributed by atoms with Crippen LogP contribution in [0, 0.1) is 0 Å². The van der Waals surface area contributed by atoms with Crippen LogP contribution in [0.4, 0.5) is 5.69 Å². The molecule has 4 nitrogen and oxygen atoms in total. The lowest BCUT2D eigenvalue weighted by Crippen LogP contribution is -2.34. The highest BCUT2D eigenvalue weighted by Gasteiger charge is 2.19. The van der Waals surface area contributed by atoms with E-state index in [2.05, 4.69) is 48.3 Å². The van der Waals surface area contributed by atoms with Crippen LogP contribution in [0.1, 0.15) is 31.9 Å². The molecule has 1 aliphatic heterocycles. The molecule has 1 heterocycles. The zero-order valence-corrected chi connectivity index (χ0v) is 12.7. The third-order valence-corrected chi connectivity index (χ3v) is 3.94. The predicted octanol–water partition coefficient (Wildman–Crippen LogP) is 2.03. The molecule has 110 valence electrons. The molecule has 1 N–H and O–H groups in total. The first kappa shape index (κ1) is 14.9. The second kappa shape index (κ2) is 6.75. The first-order valence-corrected chi connectivity index (χ1v) is 7.44. The first-order valence-electron chi connectivity index (χ1n) is 7.44. The Morgan fingerprint density at radius 3 is 2.60 bits per heavy atom. The van der Waals surface area contributed by atoms with Gasteiger partial charge >= 0.3 is 0 Å². The van der Waals surface area contributed by atoms with Crippen molar-refractivity contribution in [3.05, 3.63) is 29.8 Å². The zero-order valence-electron chi connectivity index (χ0n) is 12.7. The van der Waals surface area contributed by atoms with E-state index in [4.69, 9.17) is 0 Å². The van der Waals surface area contributed by atoms with Crippen molar-refractivity contribution < 1.29 is 4.79 Å². The molecular formula is C16H25N3O. The molecule has 0 saturated carbocycles. The standard InChI is InChI=1S/C16H25N3O/c1-4-17-13(2)14-6-8-15(9-7-14)19-11-5-10-18(3)16(20)12-19/h6-9,13,17H,4-5,10-12H2,1-3H3. The Bertz CT molecular complexity index is 444. The van der Waals surface area contributed by atoms with Crippen molar-refractivity contribution in [1.29, 1.82) is 0 Å².